The Hall–Kier alpha value is -1.13. The average molecular weight is 303 g/mol. The lowest BCUT2D eigenvalue weighted by Crippen LogP contribution is -2.40. The number of piperidine rings is 1. The first kappa shape index (κ1) is 15.8. The fourth-order valence-electron chi connectivity index (χ4n) is 3.74. The summed E-state index contributed by atoms with van der Waals surface area (Å²) >= 11 is 0. The number of likely N-dealkylation sites (tertiary alicyclic amines) is 1. The first-order valence-corrected chi connectivity index (χ1v) is 8.77. The van der Waals surface area contributed by atoms with Crippen molar-refractivity contribution in [2.24, 2.45) is 5.92 Å². The summed E-state index contributed by atoms with van der Waals surface area (Å²) in [4.78, 5) is 9.81. The number of rotatable bonds is 4. The highest BCUT2D eigenvalue weighted by Crippen LogP contribution is 2.35. The lowest BCUT2D eigenvalue weighted by molar-refractivity contribution is 0.120. The minimum atomic E-state index is 0.530. The quantitative estimate of drug-likeness (QED) is 0.854. The van der Waals surface area contributed by atoms with E-state index in [0.29, 0.717) is 12.0 Å². The molecule has 22 heavy (non-hydrogen) atoms. The Morgan fingerprint density at radius 3 is 2.82 bits per heavy atom. The van der Waals surface area contributed by atoms with Crippen molar-refractivity contribution in [3.8, 4) is 0 Å². The molecule has 0 N–H and O–H groups in total. The minimum Gasteiger partial charge on any atom is -0.378 e. The smallest absolute Gasteiger partial charge is 0.133 e. The van der Waals surface area contributed by atoms with Gasteiger partial charge in [0.15, 0.2) is 0 Å². The van der Waals surface area contributed by atoms with Crippen molar-refractivity contribution in [1.29, 1.82) is 0 Å². The molecule has 2 aliphatic heterocycles. The third-order valence-corrected chi connectivity index (χ3v) is 4.70. The van der Waals surface area contributed by atoms with E-state index in [4.69, 9.17) is 9.72 Å². The molecule has 1 aromatic rings. The van der Waals surface area contributed by atoms with E-state index in [1.54, 1.807) is 0 Å². The van der Waals surface area contributed by atoms with Crippen LogP contribution in [-0.2, 0) is 4.74 Å². The normalized spacial score (nSPS) is 24.0. The van der Waals surface area contributed by atoms with Crippen LogP contribution in [0.3, 0.4) is 0 Å². The second-order valence-electron chi connectivity index (χ2n) is 6.92. The van der Waals surface area contributed by atoms with Gasteiger partial charge in [0.05, 0.1) is 13.2 Å². The van der Waals surface area contributed by atoms with Gasteiger partial charge >= 0.3 is 0 Å². The van der Waals surface area contributed by atoms with Crippen LogP contribution < -0.4 is 4.90 Å². The molecular formula is C18H29N3O. The van der Waals surface area contributed by atoms with E-state index in [2.05, 4.69) is 35.8 Å². The third-order valence-electron chi connectivity index (χ3n) is 4.70. The second kappa shape index (κ2) is 7.42. The largest absolute Gasteiger partial charge is 0.378 e. The number of hydrogen-bond donors (Lipinski definition) is 0. The monoisotopic (exact) mass is 303 g/mol. The van der Waals surface area contributed by atoms with Crippen LogP contribution in [0.1, 0.15) is 44.7 Å². The molecule has 0 radical (unpaired) electrons. The number of anilines is 1. The summed E-state index contributed by atoms with van der Waals surface area (Å²) in [6.45, 7) is 10.6. The lowest BCUT2D eigenvalue weighted by Gasteiger charge is -2.39. The average Bonchev–Trinajstić information content (AvgIpc) is 2.56. The molecule has 3 heterocycles. The van der Waals surface area contributed by atoms with Crippen LogP contribution in [0.25, 0.3) is 0 Å². The van der Waals surface area contributed by atoms with Crippen molar-refractivity contribution in [3.05, 3.63) is 23.9 Å². The molecule has 1 aromatic heterocycles. The predicted octanol–water partition coefficient (Wildman–Crippen LogP) is 3.10. The van der Waals surface area contributed by atoms with Crippen molar-refractivity contribution < 1.29 is 4.74 Å². The fourth-order valence-corrected chi connectivity index (χ4v) is 3.74. The summed E-state index contributed by atoms with van der Waals surface area (Å²) in [5.74, 6) is 1.90. The molecule has 1 atom stereocenters. The van der Waals surface area contributed by atoms with Crippen LogP contribution in [0.15, 0.2) is 18.3 Å². The van der Waals surface area contributed by atoms with Gasteiger partial charge in [-0.15, -0.1) is 0 Å². The molecule has 122 valence electrons. The summed E-state index contributed by atoms with van der Waals surface area (Å²) < 4.78 is 5.50. The Kier molecular flexibility index (Phi) is 5.32. The van der Waals surface area contributed by atoms with E-state index in [-0.39, 0.29) is 0 Å². The Bertz CT molecular complexity index is 471. The van der Waals surface area contributed by atoms with E-state index in [1.165, 1.54) is 43.7 Å². The zero-order valence-corrected chi connectivity index (χ0v) is 14.0. The maximum Gasteiger partial charge on any atom is 0.133 e. The Labute approximate surface area is 134 Å². The molecule has 0 bridgehead atoms. The van der Waals surface area contributed by atoms with E-state index in [0.717, 1.165) is 26.3 Å². The van der Waals surface area contributed by atoms with E-state index >= 15 is 0 Å². The van der Waals surface area contributed by atoms with Gasteiger partial charge in [-0.3, -0.25) is 4.90 Å². The molecule has 0 amide bonds. The first-order chi connectivity index (χ1) is 10.8. The topological polar surface area (TPSA) is 28.6 Å². The highest BCUT2D eigenvalue weighted by molar-refractivity contribution is 5.49. The summed E-state index contributed by atoms with van der Waals surface area (Å²) in [6, 6.07) is 4.92. The third kappa shape index (κ3) is 3.61. The number of ether oxygens (including phenoxy) is 1. The molecule has 4 heteroatoms. The Morgan fingerprint density at radius 2 is 2.05 bits per heavy atom. The molecule has 3 rings (SSSR count). The van der Waals surface area contributed by atoms with Crippen molar-refractivity contribution in [2.75, 3.05) is 44.3 Å². The van der Waals surface area contributed by atoms with Crippen molar-refractivity contribution >= 4 is 5.82 Å². The number of morpholine rings is 1. The van der Waals surface area contributed by atoms with E-state index in [1.807, 2.05) is 6.20 Å². The van der Waals surface area contributed by atoms with Crippen LogP contribution in [0.5, 0.6) is 0 Å². The molecular weight excluding hydrogens is 274 g/mol. The fraction of sp³-hybridized carbons (Fsp3) is 0.722. The second-order valence-corrected chi connectivity index (χ2v) is 6.92. The molecule has 0 aliphatic carbocycles. The van der Waals surface area contributed by atoms with Gasteiger partial charge in [-0.05, 0) is 31.4 Å². The minimum absolute atomic E-state index is 0.530. The molecule has 4 nitrogen and oxygen atoms in total. The van der Waals surface area contributed by atoms with Gasteiger partial charge in [0.25, 0.3) is 0 Å². The molecule has 2 fully saturated rings. The summed E-state index contributed by atoms with van der Waals surface area (Å²) in [6.07, 6.45) is 5.85. The van der Waals surface area contributed by atoms with Gasteiger partial charge in [0, 0.05) is 37.4 Å². The Morgan fingerprint density at radius 1 is 1.23 bits per heavy atom. The van der Waals surface area contributed by atoms with Crippen LogP contribution in [0.4, 0.5) is 5.82 Å². The summed E-state index contributed by atoms with van der Waals surface area (Å²) in [5, 5.41) is 0. The van der Waals surface area contributed by atoms with Gasteiger partial charge in [-0.25, -0.2) is 4.98 Å². The van der Waals surface area contributed by atoms with Crippen LogP contribution in [0.2, 0.25) is 0 Å². The summed E-state index contributed by atoms with van der Waals surface area (Å²) in [7, 11) is 0. The van der Waals surface area contributed by atoms with Gasteiger partial charge in [-0.1, -0.05) is 26.3 Å². The number of nitrogens with zero attached hydrogens (tertiary/aromatic N) is 3. The van der Waals surface area contributed by atoms with Crippen molar-refractivity contribution in [1.82, 2.24) is 9.88 Å². The van der Waals surface area contributed by atoms with Gasteiger partial charge < -0.3 is 9.64 Å². The predicted molar refractivity (Wildman–Crippen MR) is 90.3 cm³/mol. The SMILES string of the molecule is CC(C)CN1CCCC[C@@H]1c1cccnc1N1CCOCC1. The van der Waals surface area contributed by atoms with E-state index in [9.17, 15) is 0 Å². The highest BCUT2D eigenvalue weighted by atomic mass is 16.5. The molecule has 0 aromatic carbocycles. The number of pyridine rings is 1. The standard InChI is InChI=1S/C18H29N3O/c1-15(2)14-21-9-4-3-7-17(21)16-6-5-8-19-18(16)20-10-12-22-13-11-20/h5-6,8,15,17H,3-4,7,9-14H2,1-2H3/t17-/m1/s1. The highest BCUT2D eigenvalue weighted by Gasteiger charge is 2.28. The molecule has 0 spiro atoms. The lowest BCUT2D eigenvalue weighted by atomic mass is 9.94. The van der Waals surface area contributed by atoms with Crippen LogP contribution in [-0.4, -0.2) is 49.3 Å². The molecule has 0 saturated carbocycles. The Balaban J connectivity index is 1.85. The van der Waals surface area contributed by atoms with Crippen molar-refractivity contribution in [3.63, 3.8) is 0 Å². The van der Waals surface area contributed by atoms with Crippen molar-refractivity contribution in [2.45, 2.75) is 39.2 Å². The number of hydrogen-bond acceptors (Lipinski definition) is 4. The van der Waals surface area contributed by atoms with Gasteiger partial charge in [0.1, 0.15) is 5.82 Å². The molecule has 2 saturated heterocycles. The summed E-state index contributed by atoms with van der Waals surface area (Å²) in [5.41, 5.74) is 1.42. The maximum atomic E-state index is 5.50. The zero-order valence-electron chi connectivity index (χ0n) is 14.0. The molecule has 0 unspecified atom stereocenters. The first-order valence-electron chi connectivity index (χ1n) is 8.77. The van der Waals surface area contributed by atoms with Crippen LogP contribution >= 0.6 is 0 Å². The van der Waals surface area contributed by atoms with Gasteiger partial charge in [0.2, 0.25) is 0 Å². The number of aromatic nitrogens is 1. The molecule has 2 aliphatic rings. The van der Waals surface area contributed by atoms with Gasteiger partial charge in [-0.2, -0.15) is 0 Å². The zero-order chi connectivity index (χ0) is 15.4. The van der Waals surface area contributed by atoms with E-state index < -0.39 is 0 Å². The van der Waals surface area contributed by atoms with Crippen LogP contribution in [0, 0.1) is 5.92 Å². The maximum absolute atomic E-state index is 5.50.